The first-order valence-corrected chi connectivity index (χ1v) is 8.72. The largest absolute Gasteiger partial charge is 0.508 e. The highest BCUT2D eigenvalue weighted by Gasteiger charge is 1.94. The number of anilines is 1. The number of hydrogen-bond acceptors (Lipinski definition) is 5. The van der Waals surface area contributed by atoms with Crippen LogP contribution in [-0.2, 0) is 9.47 Å². The number of phenols is 1. The van der Waals surface area contributed by atoms with Crippen LogP contribution in [0.15, 0.2) is 24.3 Å². The number of aromatic hydroxyl groups is 1. The minimum atomic E-state index is 0.274. The molecule has 0 aromatic heterocycles. The van der Waals surface area contributed by atoms with E-state index in [1.165, 1.54) is 12.8 Å². The third-order valence-electron chi connectivity index (χ3n) is 3.48. The van der Waals surface area contributed by atoms with Gasteiger partial charge in [0.15, 0.2) is 0 Å². The maximum atomic E-state index is 9.18. The monoisotopic (exact) mass is 324 g/mol. The summed E-state index contributed by atoms with van der Waals surface area (Å²) < 4.78 is 11.0. The normalized spacial score (nSPS) is 10.8. The number of rotatable bonds is 15. The Morgan fingerprint density at radius 2 is 1.57 bits per heavy atom. The van der Waals surface area contributed by atoms with Crippen LogP contribution in [0.4, 0.5) is 5.69 Å². The molecular weight excluding hydrogens is 292 g/mol. The second kappa shape index (κ2) is 14.3. The lowest BCUT2D eigenvalue weighted by atomic mass is 10.2. The predicted octanol–water partition coefficient (Wildman–Crippen LogP) is 3.70. The highest BCUT2D eigenvalue weighted by Crippen LogP contribution is 2.13. The standard InChI is InChI=1S/C18H32N2O3/c1-2-3-6-13-22-15-19-12-5-4-7-14-23-16-20-17-8-10-18(21)11-9-17/h8-11,19-21H,2-7,12-16H2,1H3. The van der Waals surface area contributed by atoms with Crippen LogP contribution in [0.2, 0.25) is 0 Å². The van der Waals surface area contributed by atoms with E-state index in [1.807, 2.05) is 12.1 Å². The molecule has 0 aliphatic heterocycles. The van der Waals surface area contributed by atoms with E-state index in [9.17, 15) is 5.11 Å². The fourth-order valence-corrected chi connectivity index (χ4v) is 2.09. The molecule has 0 bridgehead atoms. The Balaban J connectivity index is 1.77. The van der Waals surface area contributed by atoms with E-state index < -0.39 is 0 Å². The van der Waals surface area contributed by atoms with Gasteiger partial charge in [-0.15, -0.1) is 0 Å². The maximum absolute atomic E-state index is 9.18. The van der Waals surface area contributed by atoms with Gasteiger partial charge in [-0.3, -0.25) is 5.32 Å². The summed E-state index contributed by atoms with van der Waals surface area (Å²) in [7, 11) is 0. The molecule has 1 aromatic carbocycles. The predicted molar refractivity (Wildman–Crippen MR) is 94.7 cm³/mol. The number of benzene rings is 1. The summed E-state index contributed by atoms with van der Waals surface area (Å²) in [6.07, 6.45) is 7.02. The smallest absolute Gasteiger partial charge is 0.116 e. The Hall–Kier alpha value is -1.30. The number of ether oxygens (including phenoxy) is 2. The SMILES string of the molecule is CCCCCOCNCCCCCOCNc1ccc(O)cc1. The zero-order valence-electron chi connectivity index (χ0n) is 14.4. The summed E-state index contributed by atoms with van der Waals surface area (Å²) in [4.78, 5) is 0. The summed E-state index contributed by atoms with van der Waals surface area (Å²) in [6.45, 7) is 5.98. The van der Waals surface area contributed by atoms with Crippen LogP contribution in [-0.4, -0.2) is 38.3 Å². The van der Waals surface area contributed by atoms with E-state index in [4.69, 9.17) is 9.47 Å². The molecule has 1 rings (SSSR count). The Morgan fingerprint density at radius 3 is 2.30 bits per heavy atom. The third kappa shape index (κ3) is 11.9. The molecule has 3 N–H and O–H groups in total. The molecular formula is C18H32N2O3. The van der Waals surface area contributed by atoms with Gasteiger partial charge in [-0.25, -0.2) is 0 Å². The summed E-state index contributed by atoms with van der Waals surface area (Å²) in [5, 5.41) is 15.6. The van der Waals surface area contributed by atoms with E-state index in [0.29, 0.717) is 13.5 Å². The molecule has 0 radical (unpaired) electrons. The van der Waals surface area contributed by atoms with Crippen LogP contribution in [0.25, 0.3) is 0 Å². The van der Waals surface area contributed by atoms with Crippen LogP contribution in [0.3, 0.4) is 0 Å². The minimum Gasteiger partial charge on any atom is -0.508 e. The van der Waals surface area contributed by atoms with E-state index >= 15 is 0 Å². The second-order valence-electron chi connectivity index (χ2n) is 5.60. The van der Waals surface area contributed by atoms with Crippen molar-refractivity contribution in [2.75, 3.05) is 38.5 Å². The Kier molecular flexibility index (Phi) is 12.3. The minimum absolute atomic E-state index is 0.274. The van der Waals surface area contributed by atoms with Gasteiger partial charge in [-0.2, -0.15) is 0 Å². The molecule has 0 fully saturated rings. The van der Waals surface area contributed by atoms with Crippen LogP contribution < -0.4 is 10.6 Å². The zero-order valence-corrected chi connectivity index (χ0v) is 14.4. The third-order valence-corrected chi connectivity index (χ3v) is 3.48. The lowest BCUT2D eigenvalue weighted by molar-refractivity contribution is 0.112. The first-order valence-electron chi connectivity index (χ1n) is 8.72. The molecule has 0 aliphatic rings. The molecule has 0 aliphatic carbocycles. The molecule has 5 heteroatoms. The van der Waals surface area contributed by atoms with Gasteiger partial charge in [-0.05, 0) is 56.5 Å². The molecule has 0 unspecified atom stereocenters. The lowest BCUT2D eigenvalue weighted by Gasteiger charge is -2.08. The van der Waals surface area contributed by atoms with Crippen molar-refractivity contribution in [3.63, 3.8) is 0 Å². The van der Waals surface area contributed by atoms with Crippen LogP contribution in [0.5, 0.6) is 5.75 Å². The van der Waals surface area contributed by atoms with E-state index in [2.05, 4.69) is 17.6 Å². The van der Waals surface area contributed by atoms with Gasteiger partial charge in [0, 0.05) is 18.9 Å². The number of hydrogen-bond donors (Lipinski definition) is 3. The second-order valence-corrected chi connectivity index (χ2v) is 5.60. The molecule has 0 amide bonds. The molecule has 23 heavy (non-hydrogen) atoms. The molecule has 0 saturated heterocycles. The van der Waals surface area contributed by atoms with Crippen LogP contribution in [0.1, 0.15) is 45.4 Å². The molecule has 1 aromatic rings. The number of unbranched alkanes of at least 4 members (excludes halogenated alkanes) is 4. The van der Waals surface area contributed by atoms with E-state index in [1.54, 1.807) is 12.1 Å². The average molecular weight is 324 g/mol. The van der Waals surface area contributed by atoms with Gasteiger partial charge < -0.3 is 19.9 Å². The van der Waals surface area contributed by atoms with E-state index in [-0.39, 0.29) is 5.75 Å². The molecule has 0 atom stereocenters. The van der Waals surface area contributed by atoms with Crippen molar-refractivity contribution < 1.29 is 14.6 Å². The first kappa shape index (κ1) is 19.7. The number of nitrogens with one attached hydrogen (secondary N) is 2. The molecule has 132 valence electrons. The summed E-state index contributed by atoms with van der Waals surface area (Å²) in [5.41, 5.74) is 0.950. The Labute approximate surface area is 140 Å². The average Bonchev–Trinajstić information content (AvgIpc) is 2.57. The van der Waals surface area contributed by atoms with Gasteiger partial charge in [0.1, 0.15) is 12.5 Å². The summed E-state index contributed by atoms with van der Waals surface area (Å²) >= 11 is 0. The fourth-order valence-electron chi connectivity index (χ4n) is 2.09. The van der Waals surface area contributed by atoms with Crippen molar-refractivity contribution in [3.8, 4) is 5.75 Å². The van der Waals surface area contributed by atoms with Crippen LogP contribution >= 0.6 is 0 Å². The molecule has 0 heterocycles. The van der Waals surface area contributed by atoms with Gasteiger partial charge in [-0.1, -0.05) is 19.8 Å². The van der Waals surface area contributed by atoms with Gasteiger partial charge in [0.05, 0.1) is 6.73 Å². The van der Waals surface area contributed by atoms with Gasteiger partial charge >= 0.3 is 0 Å². The van der Waals surface area contributed by atoms with Gasteiger partial charge in [0.25, 0.3) is 0 Å². The lowest BCUT2D eigenvalue weighted by Crippen LogP contribution is -2.19. The van der Waals surface area contributed by atoms with Crippen molar-refractivity contribution in [1.29, 1.82) is 0 Å². The van der Waals surface area contributed by atoms with Crippen molar-refractivity contribution >= 4 is 5.69 Å². The highest BCUT2D eigenvalue weighted by atomic mass is 16.5. The molecule has 0 spiro atoms. The zero-order chi connectivity index (χ0) is 16.6. The Bertz CT molecular complexity index is 371. The topological polar surface area (TPSA) is 62.8 Å². The Morgan fingerprint density at radius 1 is 0.870 bits per heavy atom. The quantitative estimate of drug-likeness (QED) is 0.261. The highest BCUT2D eigenvalue weighted by molar-refractivity contribution is 5.45. The maximum Gasteiger partial charge on any atom is 0.116 e. The molecule has 5 nitrogen and oxygen atoms in total. The summed E-state index contributed by atoms with van der Waals surface area (Å²) in [6, 6.07) is 6.97. The van der Waals surface area contributed by atoms with Crippen LogP contribution in [0, 0.1) is 0 Å². The van der Waals surface area contributed by atoms with Crippen molar-refractivity contribution in [2.45, 2.75) is 45.4 Å². The van der Waals surface area contributed by atoms with Gasteiger partial charge in [0.2, 0.25) is 0 Å². The van der Waals surface area contributed by atoms with Crippen molar-refractivity contribution in [3.05, 3.63) is 24.3 Å². The summed E-state index contributed by atoms with van der Waals surface area (Å²) in [5.74, 6) is 0.274. The van der Waals surface area contributed by atoms with Crippen molar-refractivity contribution in [2.24, 2.45) is 0 Å². The molecule has 0 saturated carbocycles. The van der Waals surface area contributed by atoms with Crippen molar-refractivity contribution in [1.82, 2.24) is 5.32 Å². The first-order chi connectivity index (χ1) is 11.3. The number of phenolic OH excluding ortho intramolecular Hbond substituents is 1. The fraction of sp³-hybridized carbons (Fsp3) is 0.667. The van der Waals surface area contributed by atoms with E-state index in [0.717, 1.165) is 51.1 Å².